The SMILES string of the molecule is CCCCC[C@H]1[C@H](COS(=O)(=O)c2ccc(C)cc2)N1S(=O)(=O)c1ccc(C)cc1. The molecule has 1 heterocycles. The van der Waals surface area contributed by atoms with Gasteiger partial charge in [-0.1, -0.05) is 61.6 Å². The molecule has 0 aromatic heterocycles. The van der Waals surface area contributed by atoms with Crippen LogP contribution >= 0.6 is 0 Å². The molecule has 0 bridgehead atoms. The van der Waals surface area contributed by atoms with Crippen molar-refractivity contribution in [3.63, 3.8) is 0 Å². The molecule has 30 heavy (non-hydrogen) atoms. The molecule has 8 heteroatoms. The molecule has 2 aromatic rings. The van der Waals surface area contributed by atoms with Crippen LogP contribution < -0.4 is 0 Å². The minimum Gasteiger partial charge on any atom is -0.265 e. The Kier molecular flexibility index (Phi) is 7.02. The third-order valence-electron chi connectivity index (χ3n) is 5.41. The fraction of sp³-hybridized carbons (Fsp3) is 0.455. The zero-order chi connectivity index (χ0) is 21.9. The molecule has 1 aliphatic heterocycles. The molecule has 3 atom stereocenters. The van der Waals surface area contributed by atoms with Crippen LogP contribution in [0.3, 0.4) is 0 Å². The summed E-state index contributed by atoms with van der Waals surface area (Å²) >= 11 is 0. The molecule has 0 N–H and O–H groups in total. The first-order valence-corrected chi connectivity index (χ1v) is 13.1. The first-order chi connectivity index (χ1) is 14.2. The summed E-state index contributed by atoms with van der Waals surface area (Å²) in [5.74, 6) is 0. The van der Waals surface area contributed by atoms with Crippen LogP contribution in [0.2, 0.25) is 0 Å². The van der Waals surface area contributed by atoms with Gasteiger partial charge in [0.1, 0.15) is 0 Å². The van der Waals surface area contributed by atoms with Crippen molar-refractivity contribution < 1.29 is 21.0 Å². The molecule has 2 aromatic carbocycles. The van der Waals surface area contributed by atoms with E-state index in [2.05, 4.69) is 6.92 Å². The van der Waals surface area contributed by atoms with E-state index in [-0.39, 0.29) is 22.4 Å². The Morgan fingerprint density at radius 1 is 0.800 bits per heavy atom. The van der Waals surface area contributed by atoms with Crippen LogP contribution in [0, 0.1) is 13.8 Å². The summed E-state index contributed by atoms with van der Waals surface area (Å²) in [5.41, 5.74) is 1.92. The van der Waals surface area contributed by atoms with Crippen LogP contribution in [-0.4, -0.2) is 39.8 Å². The Bertz CT molecular complexity index is 1060. The van der Waals surface area contributed by atoms with Crippen molar-refractivity contribution >= 4 is 20.1 Å². The molecule has 1 saturated heterocycles. The summed E-state index contributed by atoms with van der Waals surface area (Å²) < 4.78 is 57.9. The first-order valence-electron chi connectivity index (χ1n) is 10.2. The predicted molar refractivity (Wildman–Crippen MR) is 116 cm³/mol. The van der Waals surface area contributed by atoms with Crippen LogP contribution in [0.5, 0.6) is 0 Å². The number of hydrogen-bond donors (Lipinski definition) is 0. The molecule has 1 unspecified atom stereocenters. The summed E-state index contributed by atoms with van der Waals surface area (Å²) in [7, 11) is -7.64. The molecule has 0 spiro atoms. The van der Waals surface area contributed by atoms with Crippen LogP contribution in [0.4, 0.5) is 0 Å². The molecule has 164 valence electrons. The number of sulfonamides is 1. The van der Waals surface area contributed by atoms with Crippen molar-refractivity contribution in [2.24, 2.45) is 0 Å². The lowest BCUT2D eigenvalue weighted by Crippen LogP contribution is -2.19. The second kappa shape index (κ2) is 9.18. The molecular formula is C22H29NO5S2. The summed E-state index contributed by atoms with van der Waals surface area (Å²) in [4.78, 5) is 0.293. The van der Waals surface area contributed by atoms with Gasteiger partial charge in [0.05, 0.1) is 22.4 Å². The van der Waals surface area contributed by atoms with E-state index in [1.54, 1.807) is 36.4 Å². The fourth-order valence-electron chi connectivity index (χ4n) is 3.54. The van der Waals surface area contributed by atoms with E-state index in [9.17, 15) is 16.8 Å². The van der Waals surface area contributed by atoms with E-state index in [1.165, 1.54) is 16.4 Å². The molecule has 1 aliphatic rings. The van der Waals surface area contributed by atoms with Crippen molar-refractivity contribution in [3.05, 3.63) is 59.7 Å². The van der Waals surface area contributed by atoms with Crippen molar-refractivity contribution in [2.45, 2.75) is 68.3 Å². The molecule has 0 amide bonds. The number of rotatable bonds is 10. The lowest BCUT2D eigenvalue weighted by atomic mass is 10.1. The van der Waals surface area contributed by atoms with Crippen LogP contribution in [0.15, 0.2) is 58.3 Å². The van der Waals surface area contributed by atoms with Gasteiger partial charge in [-0.25, -0.2) is 8.42 Å². The predicted octanol–water partition coefficient (Wildman–Crippen LogP) is 4.03. The van der Waals surface area contributed by atoms with Gasteiger partial charge in [0.15, 0.2) is 0 Å². The molecule has 0 radical (unpaired) electrons. The largest absolute Gasteiger partial charge is 0.297 e. The third kappa shape index (κ3) is 5.11. The quantitative estimate of drug-likeness (QED) is 0.309. The summed E-state index contributed by atoms with van der Waals surface area (Å²) in [6.45, 7) is 5.67. The lowest BCUT2D eigenvalue weighted by molar-refractivity contribution is 0.309. The standard InChI is InChI=1S/C22H29NO5S2/c1-4-5-6-7-21-22(16-28-30(26,27)20-14-10-18(3)11-15-20)23(21)29(24,25)19-12-8-17(2)9-13-19/h8-15,21-22H,4-7,16H2,1-3H3/t21-,22-,23?/m0/s1. The van der Waals surface area contributed by atoms with E-state index in [0.29, 0.717) is 6.42 Å². The first kappa shape index (κ1) is 22.9. The number of benzene rings is 2. The number of unbranched alkanes of at least 4 members (excludes halogenated alkanes) is 2. The second-order valence-corrected chi connectivity index (χ2v) is 11.3. The van der Waals surface area contributed by atoms with Gasteiger partial charge < -0.3 is 0 Å². The maximum Gasteiger partial charge on any atom is 0.297 e. The molecule has 6 nitrogen and oxygen atoms in total. The van der Waals surface area contributed by atoms with Crippen LogP contribution in [0.1, 0.15) is 43.7 Å². The van der Waals surface area contributed by atoms with Crippen LogP contribution in [0.25, 0.3) is 0 Å². The summed E-state index contributed by atoms with van der Waals surface area (Å²) in [6, 6.07) is 12.4. The van der Waals surface area contributed by atoms with E-state index in [0.717, 1.165) is 30.4 Å². The Labute approximate surface area is 180 Å². The zero-order valence-corrected chi connectivity index (χ0v) is 19.2. The average Bonchev–Trinajstić information content (AvgIpc) is 3.41. The smallest absolute Gasteiger partial charge is 0.265 e. The molecule has 0 aliphatic carbocycles. The van der Waals surface area contributed by atoms with Gasteiger partial charge in [-0.2, -0.15) is 12.7 Å². The van der Waals surface area contributed by atoms with Gasteiger partial charge in [0, 0.05) is 6.04 Å². The van der Waals surface area contributed by atoms with Crippen molar-refractivity contribution in [1.29, 1.82) is 0 Å². The Morgan fingerprint density at radius 3 is 1.87 bits per heavy atom. The third-order valence-corrected chi connectivity index (χ3v) is 8.67. The lowest BCUT2D eigenvalue weighted by Gasteiger charge is -2.08. The molecule has 1 fully saturated rings. The second-order valence-electron chi connectivity index (χ2n) is 7.83. The van der Waals surface area contributed by atoms with Crippen molar-refractivity contribution in [1.82, 2.24) is 4.31 Å². The van der Waals surface area contributed by atoms with Gasteiger partial charge in [-0.3, -0.25) is 4.18 Å². The highest BCUT2D eigenvalue weighted by Gasteiger charge is 2.55. The number of hydrogen-bond acceptors (Lipinski definition) is 5. The molecule has 0 saturated carbocycles. The normalized spacial score (nSPS) is 21.5. The highest BCUT2D eigenvalue weighted by molar-refractivity contribution is 7.89. The van der Waals surface area contributed by atoms with Crippen molar-refractivity contribution in [3.8, 4) is 0 Å². The number of nitrogens with zero attached hydrogens (tertiary/aromatic N) is 1. The monoisotopic (exact) mass is 451 g/mol. The maximum atomic E-state index is 13.1. The Hall–Kier alpha value is -1.74. The van der Waals surface area contributed by atoms with Gasteiger partial charge in [0.2, 0.25) is 10.0 Å². The van der Waals surface area contributed by atoms with Gasteiger partial charge in [-0.05, 0) is 44.5 Å². The number of aryl methyl sites for hydroxylation is 2. The maximum absolute atomic E-state index is 13.1. The Balaban J connectivity index is 1.75. The van der Waals surface area contributed by atoms with Gasteiger partial charge in [0.25, 0.3) is 10.1 Å². The van der Waals surface area contributed by atoms with E-state index < -0.39 is 26.2 Å². The highest BCUT2D eigenvalue weighted by atomic mass is 32.2. The summed E-state index contributed by atoms with van der Waals surface area (Å²) in [6.07, 6.45) is 3.62. The minimum absolute atomic E-state index is 0.0734. The minimum atomic E-state index is -3.94. The average molecular weight is 452 g/mol. The molecule has 3 rings (SSSR count). The van der Waals surface area contributed by atoms with E-state index in [1.807, 2.05) is 13.8 Å². The van der Waals surface area contributed by atoms with E-state index in [4.69, 9.17) is 4.18 Å². The molecular weight excluding hydrogens is 422 g/mol. The van der Waals surface area contributed by atoms with Crippen LogP contribution in [-0.2, 0) is 24.3 Å². The fourth-order valence-corrected chi connectivity index (χ4v) is 6.29. The van der Waals surface area contributed by atoms with E-state index >= 15 is 0 Å². The van der Waals surface area contributed by atoms with Crippen molar-refractivity contribution in [2.75, 3.05) is 6.61 Å². The topological polar surface area (TPSA) is 80.5 Å². The zero-order valence-electron chi connectivity index (χ0n) is 17.6. The summed E-state index contributed by atoms with van der Waals surface area (Å²) in [5, 5.41) is 0. The van der Waals surface area contributed by atoms with Gasteiger partial charge >= 0.3 is 0 Å². The van der Waals surface area contributed by atoms with Gasteiger partial charge in [-0.15, -0.1) is 0 Å². The highest BCUT2D eigenvalue weighted by Crippen LogP contribution is 2.39. The Morgan fingerprint density at radius 2 is 1.33 bits per heavy atom.